The maximum atomic E-state index is 11.3. The quantitative estimate of drug-likeness (QED) is 0.662. The number of urea groups is 1. The number of rotatable bonds is 2. The lowest BCUT2D eigenvalue weighted by Crippen LogP contribution is -2.65. The molecule has 2 N–H and O–H groups in total. The highest BCUT2D eigenvalue weighted by atomic mass is 16.3. The monoisotopic (exact) mass is 186 g/mol. The van der Waals surface area contributed by atoms with Crippen molar-refractivity contribution in [1.82, 2.24) is 10.2 Å². The summed E-state index contributed by atoms with van der Waals surface area (Å²) in [5, 5.41) is 12.4. The SMILES string of the molecule is CCC1(O)CN(C(=O)NC(C)C)C1. The number of hydrogen-bond donors (Lipinski definition) is 2. The Hall–Kier alpha value is -0.770. The average molecular weight is 186 g/mol. The van der Waals surface area contributed by atoms with Gasteiger partial charge in [-0.2, -0.15) is 0 Å². The Kier molecular flexibility index (Phi) is 2.81. The summed E-state index contributed by atoms with van der Waals surface area (Å²) in [6.07, 6.45) is 0.707. The van der Waals surface area contributed by atoms with Crippen molar-refractivity contribution in [3.63, 3.8) is 0 Å². The Bertz CT molecular complexity index is 198. The van der Waals surface area contributed by atoms with Gasteiger partial charge in [-0.25, -0.2) is 4.79 Å². The van der Waals surface area contributed by atoms with Crippen LogP contribution < -0.4 is 5.32 Å². The van der Waals surface area contributed by atoms with E-state index in [0.717, 1.165) is 0 Å². The van der Waals surface area contributed by atoms with E-state index in [-0.39, 0.29) is 12.1 Å². The van der Waals surface area contributed by atoms with E-state index in [0.29, 0.717) is 19.5 Å². The van der Waals surface area contributed by atoms with Gasteiger partial charge in [0.15, 0.2) is 0 Å². The molecule has 0 bridgehead atoms. The van der Waals surface area contributed by atoms with E-state index in [1.54, 1.807) is 4.90 Å². The van der Waals surface area contributed by atoms with Gasteiger partial charge in [-0.1, -0.05) is 6.92 Å². The summed E-state index contributed by atoms with van der Waals surface area (Å²) in [4.78, 5) is 13.0. The van der Waals surface area contributed by atoms with E-state index >= 15 is 0 Å². The van der Waals surface area contributed by atoms with E-state index in [9.17, 15) is 9.90 Å². The molecule has 1 aliphatic rings. The maximum Gasteiger partial charge on any atom is 0.317 e. The Balaban J connectivity index is 2.31. The lowest BCUT2D eigenvalue weighted by Gasteiger charge is -2.46. The second-order valence-electron chi connectivity index (χ2n) is 4.04. The third kappa shape index (κ3) is 2.34. The van der Waals surface area contributed by atoms with Crippen molar-refractivity contribution in [2.75, 3.05) is 13.1 Å². The van der Waals surface area contributed by atoms with Crippen LogP contribution in [-0.2, 0) is 0 Å². The predicted molar refractivity (Wildman–Crippen MR) is 50.5 cm³/mol. The van der Waals surface area contributed by atoms with Gasteiger partial charge in [0.1, 0.15) is 0 Å². The van der Waals surface area contributed by atoms with Gasteiger partial charge in [-0.05, 0) is 20.3 Å². The number of hydrogen-bond acceptors (Lipinski definition) is 2. The van der Waals surface area contributed by atoms with Crippen LogP contribution >= 0.6 is 0 Å². The fraction of sp³-hybridized carbons (Fsp3) is 0.889. The van der Waals surface area contributed by atoms with Crippen molar-refractivity contribution in [2.24, 2.45) is 0 Å². The molecule has 0 spiro atoms. The molecular weight excluding hydrogens is 168 g/mol. The van der Waals surface area contributed by atoms with Gasteiger partial charge in [0.2, 0.25) is 0 Å². The predicted octanol–water partition coefficient (Wildman–Crippen LogP) is 0.561. The fourth-order valence-electron chi connectivity index (χ4n) is 1.37. The Morgan fingerprint density at radius 2 is 2.15 bits per heavy atom. The van der Waals surface area contributed by atoms with Crippen LogP contribution in [0.4, 0.5) is 4.79 Å². The zero-order valence-electron chi connectivity index (χ0n) is 8.50. The first-order chi connectivity index (χ1) is 5.97. The molecule has 2 amide bonds. The van der Waals surface area contributed by atoms with Crippen LogP contribution in [0.25, 0.3) is 0 Å². The van der Waals surface area contributed by atoms with E-state index in [4.69, 9.17) is 0 Å². The van der Waals surface area contributed by atoms with Crippen LogP contribution in [0.1, 0.15) is 27.2 Å². The van der Waals surface area contributed by atoms with Crippen LogP contribution in [0.5, 0.6) is 0 Å². The highest BCUT2D eigenvalue weighted by molar-refractivity contribution is 5.75. The summed E-state index contributed by atoms with van der Waals surface area (Å²) >= 11 is 0. The number of carbonyl (C=O) groups excluding carboxylic acids is 1. The minimum Gasteiger partial charge on any atom is -0.386 e. The molecule has 0 aliphatic carbocycles. The van der Waals surface area contributed by atoms with Crippen LogP contribution in [0.2, 0.25) is 0 Å². The van der Waals surface area contributed by atoms with Crippen molar-refractivity contribution < 1.29 is 9.90 Å². The third-order valence-corrected chi connectivity index (χ3v) is 2.33. The first kappa shape index (κ1) is 10.3. The largest absolute Gasteiger partial charge is 0.386 e. The number of nitrogens with zero attached hydrogens (tertiary/aromatic N) is 1. The third-order valence-electron chi connectivity index (χ3n) is 2.33. The Labute approximate surface area is 78.9 Å². The highest BCUT2D eigenvalue weighted by Crippen LogP contribution is 2.23. The number of β-amino-alcohol motifs (C(OH)–C–C–N with tert-alkyl or cyclic N) is 1. The summed E-state index contributed by atoms with van der Waals surface area (Å²) in [5.74, 6) is 0. The zero-order valence-corrected chi connectivity index (χ0v) is 8.50. The summed E-state index contributed by atoms with van der Waals surface area (Å²) in [6.45, 7) is 6.69. The van der Waals surface area contributed by atoms with E-state index in [1.807, 2.05) is 20.8 Å². The van der Waals surface area contributed by atoms with Crippen LogP contribution in [0.15, 0.2) is 0 Å². The normalized spacial score (nSPS) is 19.9. The second kappa shape index (κ2) is 3.54. The number of likely N-dealkylation sites (tertiary alicyclic amines) is 1. The molecule has 1 aliphatic heterocycles. The number of amides is 2. The van der Waals surface area contributed by atoms with Crippen molar-refractivity contribution in [3.05, 3.63) is 0 Å². The van der Waals surface area contributed by atoms with Crippen LogP contribution in [-0.4, -0.2) is 40.8 Å². The molecule has 0 radical (unpaired) electrons. The van der Waals surface area contributed by atoms with Crippen molar-refractivity contribution in [1.29, 1.82) is 0 Å². The standard InChI is InChI=1S/C9H18N2O2/c1-4-9(13)5-11(6-9)8(12)10-7(2)3/h7,13H,4-6H2,1-3H3,(H,10,12). The number of carbonyl (C=O) groups is 1. The fourth-order valence-corrected chi connectivity index (χ4v) is 1.37. The van der Waals surface area contributed by atoms with Crippen molar-refractivity contribution in [3.8, 4) is 0 Å². The molecule has 0 atom stereocenters. The Morgan fingerprint density at radius 3 is 2.54 bits per heavy atom. The maximum absolute atomic E-state index is 11.3. The average Bonchev–Trinajstić information content (AvgIpc) is 1.97. The molecule has 1 fully saturated rings. The lowest BCUT2D eigenvalue weighted by molar-refractivity contribution is -0.0780. The van der Waals surface area contributed by atoms with Crippen molar-refractivity contribution >= 4 is 6.03 Å². The van der Waals surface area contributed by atoms with Gasteiger partial charge in [-0.3, -0.25) is 0 Å². The number of aliphatic hydroxyl groups is 1. The molecule has 1 saturated heterocycles. The van der Waals surface area contributed by atoms with Gasteiger partial charge in [0.25, 0.3) is 0 Å². The lowest BCUT2D eigenvalue weighted by atomic mass is 9.92. The second-order valence-corrected chi connectivity index (χ2v) is 4.04. The molecule has 0 aromatic carbocycles. The van der Waals surface area contributed by atoms with Gasteiger partial charge >= 0.3 is 6.03 Å². The van der Waals surface area contributed by atoms with Gasteiger partial charge in [-0.15, -0.1) is 0 Å². The Morgan fingerprint density at radius 1 is 1.62 bits per heavy atom. The summed E-state index contributed by atoms with van der Waals surface area (Å²) < 4.78 is 0. The van der Waals surface area contributed by atoms with Crippen LogP contribution in [0.3, 0.4) is 0 Å². The molecule has 0 aromatic heterocycles. The van der Waals surface area contributed by atoms with Gasteiger partial charge < -0.3 is 15.3 Å². The zero-order chi connectivity index (χ0) is 10.1. The molecule has 1 heterocycles. The first-order valence-electron chi connectivity index (χ1n) is 4.74. The molecule has 0 saturated carbocycles. The van der Waals surface area contributed by atoms with Crippen LogP contribution in [0, 0.1) is 0 Å². The molecular formula is C9H18N2O2. The molecule has 0 unspecified atom stereocenters. The minimum absolute atomic E-state index is 0.0758. The summed E-state index contributed by atoms with van der Waals surface area (Å²) in [6, 6.07) is 0.0796. The molecule has 76 valence electrons. The number of nitrogens with one attached hydrogen (secondary N) is 1. The van der Waals surface area contributed by atoms with Gasteiger partial charge in [0.05, 0.1) is 18.7 Å². The first-order valence-corrected chi connectivity index (χ1v) is 4.74. The summed E-state index contributed by atoms with van der Waals surface area (Å²) in [5.41, 5.74) is -0.631. The molecule has 0 aromatic rings. The summed E-state index contributed by atoms with van der Waals surface area (Å²) in [7, 11) is 0. The van der Waals surface area contributed by atoms with E-state index in [2.05, 4.69) is 5.32 Å². The molecule has 4 heteroatoms. The van der Waals surface area contributed by atoms with E-state index < -0.39 is 5.60 Å². The molecule has 4 nitrogen and oxygen atoms in total. The smallest absolute Gasteiger partial charge is 0.317 e. The van der Waals surface area contributed by atoms with Gasteiger partial charge in [0, 0.05) is 6.04 Å². The topological polar surface area (TPSA) is 52.6 Å². The molecule has 13 heavy (non-hydrogen) atoms. The molecule has 1 rings (SSSR count). The van der Waals surface area contributed by atoms with E-state index in [1.165, 1.54) is 0 Å². The van der Waals surface area contributed by atoms with Crippen molar-refractivity contribution in [2.45, 2.75) is 38.8 Å². The highest BCUT2D eigenvalue weighted by Gasteiger charge is 2.41. The minimum atomic E-state index is -0.631.